The second kappa shape index (κ2) is 8.30. The molecule has 0 bridgehead atoms. The summed E-state index contributed by atoms with van der Waals surface area (Å²) in [6.07, 6.45) is 3.71. The Morgan fingerprint density at radius 2 is 2.15 bits per heavy atom. The fourth-order valence-corrected chi connectivity index (χ4v) is 2.61. The van der Waals surface area contributed by atoms with E-state index in [1.54, 1.807) is 4.90 Å². The molecule has 1 heterocycles. The van der Waals surface area contributed by atoms with Crippen LogP contribution in [0.25, 0.3) is 0 Å². The number of morpholine rings is 1. The molecule has 1 saturated heterocycles. The quantitative estimate of drug-likeness (QED) is 0.612. The van der Waals surface area contributed by atoms with Crippen LogP contribution in [-0.2, 0) is 11.2 Å². The van der Waals surface area contributed by atoms with E-state index in [0.29, 0.717) is 0 Å². The van der Waals surface area contributed by atoms with E-state index in [-0.39, 0.29) is 0 Å². The van der Waals surface area contributed by atoms with Gasteiger partial charge >= 0.3 is 0 Å². The molecular formula is C16H23ClNO2+. The minimum Gasteiger partial charge on any atom is -0.493 e. The number of hydrogen-bond acceptors (Lipinski definition) is 2. The molecule has 1 aromatic rings. The molecule has 4 heteroatoms. The van der Waals surface area contributed by atoms with Crippen LogP contribution in [-0.4, -0.2) is 39.5 Å². The Labute approximate surface area is 126 Å². The van der Waals surface area contributed by atoms with Gasteiger partial charge < -0.3 is 14.4 Å². The maximum atomic E-state index is 6.01. The van der Waals surface area contributed by atoms with Crippen LogP contribution >= 0.6 is 11.6 Å². The number of halogens is 1. The molecule has 1 aromatic carbocycles. The van der Waals surface area contributed by atoms with Gasteiger partial charge in [-0.15, -0.1) is 6.58 Å². The fraction of sp³-hybridized carbons (Fsp3) is 0.500. The molecule has 0 aromatic heterocycles. The summed E-state index contributed by atoms with van der Waals surface area (Å²) in [6.45, 7) is 9.66. The first-order chi connectivity index (χ1) is 9.79. The van der Waals surface area contributed by atoms with Gasteiger partial charge in [-0.05, 0) is 30.2 Å². The van der Waals surface area contributed by atoms with Crippen molar-refractivity contribution in [2.75, 3.05) is 39.5 Å². The van der Waals surface area contributed by atoms with Crippen LogP contribution in [0, 0.1) is 0 Å². The Morgan fingerprint density at radius 3 is 2.90 bits per heavy atom. The highest BCUT2D eigenvalue weighted by Crippen LogP contribution is 2.23. The average Bonchev–Trinajstić information content (AvgIpc) is 2.47. The molecule has 0 saturated carbocycles. The van der Waals surface area contributed by atoms with Crippen molar-refractivity contribution < 1.29 is 14.4 Å². The molecular weight excluding hydrogens is 274 g/mol. The van der Waals surface area contributed by atoms with Gasteiger partial charge in [0.1, 0.15) is 18.8 Å². The van der Waals surface area contributed by atoms with Crippen molar-refractivity contribution in [3.05, 3.63) is 41.4 Å². The molecule has 0 amide bonds. The lowest BCUT2D eigenvalue weighted by Gasteiger charge is -2.23. The third-order valence-electron chi connectivity index (χ3n) is 3.52. The first kappa shape index (κ1) is 15.4. The number of rotatable bonds is 7. The van der Waals surface area contributed by atoms with E-state index < -0.39 is 0 Å². The molecule has 2 rings (SSSR count). The van der Waals surface area contributed by atoms with Crippen molar-refractivity contribution in [1.29, 1.82) is 0 Å². The third kappa shape index (κ3) is 4.82. The van der Waals surface area contributed by atoms with E-state index >= 15 is 0 Å². The number of nitrogens with one attached hydrogen (secondary N) is 1. The second-order valence-electron chi connectivity index (χ2n) is 5.06. The Balaban J connectivity index is 1.76. The van der Waals surface area contributed by atoms with Gasteiger partial charge in [0.2, 0.25) is 0 Å². The number of quaternary nitrogens is 1. The van der Waals surface area contributed by atoms with Crippen LogP contribution in [0.2, 0.25) is 5.02 Å². The summed E-state index contributed by atoms with van der Waals surface area (Å²) in [6, 6.07) is 5.77. The number of allylic oxidation sites excluding steroid dienone is 1. The van der Waals surface area contributed by atoms with E-state index in [2.05, 4.69) is 6.58 Å². The summed E-state index contributed by atoms with van der Waals surface area (Å²) >= 11 is 6.01. The lowest BCUT2D eigenvalue weighted by Crippen LogP contribution is -3.14. The van der Waals surface area contributed by atoms with Crippen LogP contribution in [0.15, 0.2) is 30.9 Å². The van der Waals surface area contributed by atoms with Crippen LogP contribution in [0.3, 0.4) is 0 Å². The molecule has 1 aliphatic rings. The van der Waals surface area contributed by atoms with Gasteiger partial charge in [0.05, 0.1) is 26.4 Å². The molecule has 1 fully saturated rings. The Hall–Kier alpha value is -1.03. The molecule has 110 valence electrons. The van der Waals surface area contributed by atoms with E-state index in [1.165, 1.54) is 0 Å². The van der Waals surface area contributed by atoms with Crippen molar-refractivity contribution in [2.45, 2.75) is 12.8 Å². The van der Waals surface area contributed by atoms with Crippen molar-refractivity contribution in [3.63, 3.8) is 0 Å². The summed E-state index contributed by atoms with van der Waals surface area (Å²) in [4.78, 5) is 1.61. The standard InChI is InChI=1S/C16H22ClNO2/c1-2-4-14-13-15(17)5-6-16(14)20-10-3-7-18-8-11-19-12-9-18/h2,5-6,13H,1,3-4,7-12H2/p+1. The Morgan fingerprint density at radius 1 is 1.35 bits per heavy atom. The van der Waals surface area contributed by atoms with Gasteiger partial charge in [-0.2, -0.15) is 0 Å². The zero-order valence-electron chi connectivity index (χ0n) is 11.9. The van der Waals surface area contributed by atoms with Crippen LogP contribution in [0.5, 0.6) is 5.75 Å². The summed E-state index contributed by atoms with van der Waals surface area (Å²) < 4.78 is 11.2. The SMILES string of the molecule is C=CCc1cc(Cl)ccc1OCCC[NH+]1CCOCC1. The van der Waals surface area contributed by atoms with Crippen molar-refractivity contribution in [2.24, 2.45) is 0 Å². The molecule has 0 spiro atoms. The number of benzene rings is 1. The molecule has 20 heavy (non-hydrogen) atoms. The maximum Gasteiger partial charge on any atom is 0.122 e. The molecule has 0 aliphatic carbocycles. The maximum absolute atomic E-state index is 6.01. The predicted molar refractivity (Wildman–Crippen MR) is 81.8 cm³/mol. The largest absolute Gasteiger partial charge is 0.493 e. The molecule has 1 aliphatic heterocycles. The van der Waals surface area contributed by atoms with Crippen LogP contribution in [0.4, 0.5) is 0 Å². The Bertz CT molecular complexity index is 430. The fourth-order valence-electron chi connectivity index (χ4n) is 2.42. The summed E-state index contributed by atoms with van der Waals surface area (Å²) in [5.74, 6) is 0.922. The highest BCUT2D eigenvalue weighted by Gasteiger charge is 2.13. The highest BCUT2D eigenvalue weighted by molar-refractivity contribution is 6.30. The smallest absolute Gasteiger partial charge is 0.122 e. The topological polar surface area (TPSA) is 22.9 Å². The van der Waals surface area contributed by atoms with Gasteiger partial charge in [-0.25, -0.2) is 0 Å². The van der Waals surface area contributed by atoms with Crippen molar-refractivity contribution in [1.82, 2.24) is 0 Å². The Kier molecular flexibility index (Phi) is 6.37. The van der Waals surface area contributed by atoms with Gasteiger partial charge in [0.25, 0.3) is 0 Å². The van der Waals surface area contributed by atoms with Crippen molar-refractivity contribution >= 4 is 11.6 Å². The minimum atomic E-state index is 0.743. The molecule has 0 atom stereocenters. The van der Waals surface area contributed by atoms with Gasteiger partial charge in [-0.3, -0.25) is 0 Å². The molecule has 3 nitrogen and oxygen atoms in total. The summed E-state index contributed by atoms with van der Waals surface area (Å²) in [5.41, 5.74) is 1.10. The van der Waals surface area contributed by atoms with E-state index in [1.807, 2.05) is 24.3 Å². The normalized spacial score (nSPS) is 16.1. The molecule has 0 radical (unpaired) electrons. The first-order valence-corrected chi connectivity index (χ1v) is 7.61. The summed E-state index contributed by atoms with van der Waals surface area (Å²) in [5, 5.41) is 0.743. The lowest BCUT2D eigenvalue weighted by molar-refractivity contribution is -0.908. The predicted octanol–water partition coefficient (Wildman–Crippen LogP) is 1.75. The van der Waals surface area contributed by atoms with Gasteiger partial charge in [0, 0.05) is 11.4 Å². The lowest BCUT2D eigenvalue weighted by atomic mass is 10.1. The molecule has 0 unspecified atom stereocenters. The van der Waals surface area contributed by atoms with Crippen LogP contribution in [0.1, 0.15) is 12.0 Å². The second-order valence-corrected chi connectivity index (χ2v) is 5.50. The monoisotopic (exact) mass is 296 g/mol. The van der Waals surface area contributed by atoms with Gasteiger partial charge in [-0.1, -0.05) is 17.7 Å². The van der Waals surface area contributed by atoms with E-state index in [4.69, 9.17) is 21.1 Å². The first-order valence-electron chi connectivity index (χ1n) is 7.23. The number of hydrogen-bond donors (Lipinski definition) is 1. The van der Waals surface area contributed by atoms with E-state index in [0.717, 1.165) is 68.6 Å². The summed E-state index contributed by atoms with van der Waals surface area (Å²) in [7, 11) is 0. The average molecular weight is 297 g/mol. The van der Waals surface area contributed by atoms with Gasteiger partial charge in [0.15, 0.2) is 0 Å². The van der Waals surface area contributed by atoms with Crippen molar-refractivity contribution in [3.8, 4) is 5.75 Å². The number of ether oxygens (including phenoxy) is 2. The molecule has 1 N–H and O–H groups in total. The highest BCUT2D eigenvalue weighted by atomic mass is 35.5. The van der Waals surface area contributed by atoms with Crippen LogP contribution < -0.4 is 9.64 Å². The zero-order chi connectivity index (χ0) is 14.2. The zero-order valence-corrected chi connectivity index (χ0v) is 12.6. The minimum absolute atomic E-state index is 0.743. The van der Waals surface area contributed by atoms with E-state index in [9.17, 15) is 0 Å². The third-order valence-corrected chi connectivity index (χ3v) is 3.75.